The molecule has 0 bridgehead atoms. The van der Waals surface area contributed by atoms with Crippen molar-refractivity contribution in [1.29, 1.82) is 0 Å². The van der Waals surface area contributed by atoms with Crippen molar-refractivity contribution in [3.63, 3.8) is 0 Å². The monoisotopic (exact) mass is 1140 g/mol. The SMILES string of the molecule is CC/C=C\C/C=C\C/C=C\C/C=C\CCCCCCCCC(=O)OC1C(OCC(COC(=O)CCCCCCCCCCCCCCCCCCC)OC(=O)CCCCCCCCCCCCCCCCC)OC(C(=O)O)C(O)C1O. The summed E-state index contributed by atoms with van der Waals surface area (Å²) in [4.78, 5) is 51.4. The minimum absolute atomic E-state index is 0.0469. The number of aliphatic carboxylic acids is 1. The van der Waals surface area contributed by atoms with E-state index < -0.39 is 67.3 Å². The molecule has 81 heavy (non-hydrogen) atoms. The first-order chi connectivity index (χ1) is 39.6. The van der Waals surface area contributed by atoms with E-state index in [-0.39, 0.29) is 25.9 Å². The third-order valence-corrected chi connectivity index (χ3v) is 15.4. The summed E-state index contributed by atoms with van der Waals surface area (Å²) >= 11 is 0. The third-order valence-electron chi connectivity index (χ3n) is 15.4. The highest BCUT2D eigenvalue weighted by atomic mass is 16.7. The van der Waals surface area contributed by atoms with Gasteiger partial charge in [-0.05, 0) is 57.8 Å². The Morgan fingerprint density at radius 2 is 0.778 bits per heavy atom. The van der Waals surface area contributed by atoms with Crippen LogP contribution >= 0.6 is 0 Å². The molecule has 3 N–H and O–H groups in total. The third kappa shape index (κ3) is 46.7. The number of allylic oxidation sites excluding steroid dienone is 8. The van der Waals surface area contributed by atoms with E-state index in [9.17, 15) is 34.5 Å². The van der Waals surface area contributed by atoms with Gasteiger partial charge in [0, 0.05) is 19.3 Å². The van der Waals surface area contributed by atoms with Crippen LogP contribution in [0.3, 0.4) is 0 Å². The first-order valence-electron chi connectivity index (χ1n) is 33.6. The molecule has 12 heteroatoms. The zero-order chi connectivity index (χ0) is 58.9. The van der Waals surface area contributed by atoms with Crippen molar-refractivity contribution in [2.75, 3.05) is 13.2 Å². The van der Waals surface area contributed by atoms with Crippen LogP contribution in [-0.4, -0.2) is 89.2 Å². The summed E-state index contributed by atoms with van der Waals surface area (Å²) in [7, 11) is 0. The number of carboxylic acid groups (broad SMARTS) is 1. The van der Waals surface area contributed by atoms with Crippen molar-refractivity contribution in [3.8, 4) is 0 Å². The molecular formula is C69H122O12. The van der Waals surface area contributed by atoms with Crippen LogP contribution in [0.2, 0.25) is 0 Å². The van der Waals surface area contributed by atoms with Gasteiger partial charge in [-0.1, -0.05) is 288 Å². The van der Waals surface area contributed by atoms with E-state index in [4.69, 9.17) is 23.7 Å². The predicted molar refractivity (Wildman–Crippen MR) is 331 cm³/mol. The van der Waals surface area contributed by atoms with Crippen LogP contribution in [0.15, 0.2) is 48.6 Å². The van der Waals surface area contributed by atoms with Gasteiger partial charge < -0.3 is 39.0 Å². The molecule has 0 radical (unpaired) electrons. The Labute approximate surface area is 494 Å². The van der Waals surface area contributed by atoms with Crippen molar-refractivity contribution in [3.05, 3.63) is 48.6 Å². The quantitative estimate of drug-likeness (QED) is 0.0228. The second kappa shape index (κ2) is 57.1. The summed E-state index contributed by atoms with van der Waals surface area (Å²) in [6.07, 6.45) is 57.8. The number of ether oxygens (including phenoxy) is 5. The molecule has 1 aliphatic heterocycles. The number of carbonyl (C=O) groups is 4. The standard InChI is InChI=1S/C69H122O12/c1-4-7-10-13-16-19-22-25-28-30-31-33-36-39-42-45-48-51-54-57-63(72)80-67-65(74)64(73)66(68(75)76)81-69(67)78-59-60(79-62(71)56-53-50-47-44-41-38-34-27-24-21-18-15-12-9-6-3)58-77-61(70)55-52-49-46-43-40-37-35-32-29-26-23-20-17-14-11-8-5-2/h7,10,16,19,25,28,31,33,60,64-67,69,73-74H,4-6,8-9,11-15,17-18,20-24,26-27,29-30,32,34-59H2,1-3H3,(H,75,76)/b10-7-,19-16-,28-25-,33-31-. The van der Waals surface area contributed by atoms with Crippen LogP contribution in [0.5, 0.6) is 0 Å². The average molecular weight is 1140 g/mol. The molecule has 0 amide bonds. The second-order valence-electron chi connectivity index (χ2n) is 23.1. The van der Waals surface area contributed by atoms with Crippen LogP contribution in [-0.2, 0) is 42.9 Å². The van der Waals surface area contributed by atoms with Crippen LogP contribution in [0, 0.1) is 0 Å². The zero-order valence-electron chi connectivity index (χ0n) is 52.0. The van der Waals surface area contributed by atoms with Crippen LogP contribution < -0.4 is 0 Å². The van der Waals surface area contributed by atoms with Gasteiger partial charge in [0.1, 0.15) is 18.8 Å². The van der Waals surface area contributed by atoms with Crippen molar-refractivity contribution < 1.29 is 58.2 Å². The Kier molecular flexibility index (Phi) is 53.4. The minimum Gasteiger partial charge on any atom is -0.479 e. The smallest absolute Gasteiger partial charge is 0.335 e. The number of carbonyl (C=O) groups excluding carboxylic acids is 3. The number of esters is 3. The molecular weight excluding hydrogens is 1020 g/mol. The molecule has 0 aromatic carbocycles. The van der Waals surface area contributed by atoms with Gasteiger partial charge in [-0.2, -0.15) is 0 Å². The Hall–Kier alpha value is -3.32. The van der Waals surface area contributed by atoms with Crippen molar-refractivity contribution in [1.82, 2.24) is 0 Å². The highest BCUT2D eigenvalue weighted by Crippen LogP contribution is 2.27. The summed E-state index contributed by atoms with van der Waals surface area (Å²) in [6, 6.07) is 0. The molecule has 6 atom stereocenters. The maximum atomic E-state index is 13.2. The van der Waals surface area contributed by atoms with Gasteiger partial charge >= 0.3 is 23.9 Å². The molecule has 0 spiro atoms. The fraction of sp³-hybridized carbons (Fsp3) is 0.826. The van der Waals surface area contributed by atoms with Crippen LogP contribution in [0.1, 0.15) is 316 Å². The van der Waals surface area contributed by atoms with Gasteiger partial charge in [0.2, 0.25) is 0 Å². The lowest BCUT2D eigenvalue weighted by atomic mass is 9.98. The number of aliphatic hydroxyl groups excluding tert-OH is 2. The van der Waals surface area contributed by atoms with Gasteiger partial charge in [0.15, 0.2) is 24.6 Å². The molecule has 1 heterocycles. The van der Waals surface area contributed by atoms with Gasteiger partial charge in [-0.25, -0.2) is 4.79 Å². The molecule has 1 aliphatic rings. The average Bonchev–Trinajstić information content (AvgIpc) is 3.54. The first-order valence-corrected chi connectivity index (χ1v) is 33.6. The van der Waals surface area contributed by atoms with Crippen LogP contribution in [0.25, 0.3) is 0 Å². The topological polar surface area (TPSA) is 175 Å². The number of aliphatic hydroxyl groups is 2. The molecule has 0 aromatic heterocycles. The lowest BCUT2D eigenvalue weighted by Crippen LogP contribution is -2.61. The van der Waals surface area contributed by atoms with Gasteiger partial charge in [0.25, 0.3) is 0 Å². The Balaban J connectivity index is 2.64. The van der Waals surface area contributed by atoms with E-state index in [1.54, 1.807) is 0 Å². The van der Waals surface area contributed by atoms with Gasteiger partial charge in [-0.3, -0.25) is 14.4 Å². The maximum Gasteiger partial charge on any atom is 0.335 e. The van der Waals surface area contributed by atoms with Gasteiger partial charge in [-0.15, -0.1) is 0 Å². The van der Waals surface area contributed by atoms with Crippen molar-refractivity contribution >= 4 is 23.9 Å². The van der Waals surface area contributed by atoms with Crippen molar-refractivity contribution in [2.45, 2.75) is 353 Å². The summed E-state index contributed by atoms with van der Waals surface area (Å²) in [6.45, 7) is 5.94. The molecule has 6 unspecified atom stereocenters. The fourth-order valence-electron chi connectivity index (χ4n) is 10.3. The molecule has 1 fully saturated rings. The number of rotatable bonds is 58. The first kappa shape index (κ1) is 75.7. The summed E-state index contributed by atoms with van der Waals surface area (Å²) < 4.78 is 28.6. The lowest BCUT2D eigenvalue weighted by Gasteiger charge is -2.40. The summed E-state index contributed by atoms with van der Waals surface area (Å²) in [5.74, 6) is -3.10. The molecule has 12 nitrogen and oxygen atoms in total. The highest BCUT2D eigenvalue weighted by molar-refractivity contribution is 5.74. The van der Waals surface area contributed by atoms with E-state index >= 15 is 0 Å². The minimum atomic E-state index is -1.91. The Morgan fingerprint density at radius 1 is 0.420 bits per heavy atom. The molecule has 0 saturated carbocycles. The molecule has 1 rings (SSSR count). The molecule has 1 saturated heterocycles. The summed E-state index contributed by atoms with van der Waals surface area (Å²) in [5.41, 5.74) is 0. The van der Waals surface area contributed by atoms with E-state index in [2.05, 4.69) is 69.4 Å². The van der Waals surface area contributed by atoms with E-state index in [1.807, 2.05) is 0 Å². The fourth-order valence-corrected chi connectivity index (χ4v) is 10.3. The van der Waals surface area contributed by atoms with E-state index in [1.165, 1.54) is 154 Å². The number of hydrogen-bond donors (Lipinski definition) is 3. The Bertz CT molecular complexity index is 1590. The van der Waals surface area contributed by atoms with Gasteiger partial charge in [0.05, 0.1) is 6.61 Å². The predicted octanol–water partition coefficient (Wildman–Crippen LogP) is 18.1. The highest BCUT2D eigenvalue weighted by Gasteiger charge is 2.50. The molecule has 0 aliphatic carbocycles. The molecule has 0 aromatic rings. The van der Waals surface area contributed by atoms with Crippen molar-refractivity contribution in [2.24, 2.45) is 0 Å². The number of hydrogen-bond acceptors (Lipinski definition) is 11. The lowest BCUT2D eigenvalue weighted by molar-refractivity contribution is -0.301. The maximum absolute atomic E-state index is 13.2. The Morgan fingerprint density at radius 3 is 1.19 bits per heavy atom. The number of unbranched alkanes of at least 4 members (excludes halogenated alkanes) is 36. The molecule has 470 valence electrons. The second-order valence-corrected chi connectivity index (χ2v) is 23.1. The van der Waals surface area contributed by atoms with E-state index in [0.717, 1.165) is 103 Å². The van der Waals surface area contributed by atoms with E-state index in [0.29, 0.717) is 19.3 Å². The number of carboxylic acids is 1. The largest absolute Gasteiger partial charge is 0.479 e. The van der Waals surface area contributed by atoms with Crippen LogP contribution in [0.4, 0.5) is 0 Å². The zero-order valence-corrected chi connectivity index (χ0v) is 52.0. The normalized spacial score (nSPS) is 18.0. The summed E-state index contributed by atoms with van der Waals surface area (Å²) in [5, 5.41) is 31.6.